The van der Waals surface area contributed by atoms with Gasteiger partial charge in [-0.3, -0.25) is 19.8 Å². The third-order valence-electron chi connectivity index (χ3n) is 7.68. The van der Waals surface area contributed by atoms with Crippen LogP contribution in [0.4, 0.5) is 0 Å². The zero-order valence-electron chi connectivity index (χ0n) is 17.3. The minimum Gasteiger partial charge on any atom is -0.330 e. The molecule has 30 heavy (non-hydrogen) atoms. The van der Waals surface area contributed by atoms with Crippen LogP contribution >= 0.6 is 0 Å². The van der Waals surface area contributed by atoms with Crippen molar-refractivity contribution in [2.75, 3.05) is 19.6 Å². The van der Waals surface area contributed by atoms with Crippen LogP contribution in [0.1, 0.15) is 49.0 Å². The average Bonchev–Trinajstić information content (AvgIpc) is 3.29. The maximum absolute atomic E-state index is 13.5. The zero-order chi connectivity index (χ0) is 20.1. The van der Waals surface area contributed by atoms with Crippen molar-refractivity contribution in [3.05, 3.63) is 47.9 Å². The van der Waals surface area contributed by atoms with Crippen LogP contribution in [-0.4, -0.2) is 62.6 Å². The molecule has 3 fully saturated rings. The lowest BCUT2D eigenvalue weighted by Crippen LogP contribution is -2.60. The molecular weight excluding hydrogens is 374 g/mol. The largest absolute Gasteiger partial charge is 0.330 e. The Kier molecular flexibility index (Phi) is 4.48. The molecule has 0 spiro atoms. The van der Waals surface area contributed by atoms with E-state index in [9.17, 15) is 4.79 Å². The molecule has 2 aromatic rings. The highest BCUT2D eigenvalue weighted by Gasteiger charge is 2.47. The van der Waals surface area contributed by atoms with Crippen molar-refractivity contribution in [2.45, 2.75) is 50.6 Å². The summed E-state index contributed by atoms with van der Waals surface area (Å²) in [5.41, 5.74) is 3.81. The molecule has 4 aliphatic rings. The molecular formula is C24H29N5O. The number of hydrogen-bond donors (Lipinski definition) is 1. The van der Waals surface area contributed by atoms with Crippen LogP contribution in [0.5, 0.6) is 0 Å². The first-order valence-electron chi connectivity index (χ1n) is 11.5. The van der Waals surface area contributed by atoms with Crippen LogP contribution in [0.2, 0.25) is 0 Å². The number of carbonyl (C=O) groups is 1. The van der Waals surface area contributed by atoms with Gasteiger partial charge in [0.2, 0.25) is 0 Å². The summed E-state index contributed by atoms with van der Waals surface area (Å²) < 4.78 is 0. The normalized spacial score (nSPS) is 30.9. The smallest absolute Gasteiger partial charge is 0.272 e. The van der Waals surface area contributed by atoms with Gasteiger partial charge in [-0.05, 0) is 68.7 Å². The number of nitrogens with one attached hydrogen (secondary N) is 1. The number of amides is 1. The number of likely N-dealkylation sites (tertiary alicyclic amines) is 1. The maximum Gasteiger partial charge on any atom is 0.272 e. The van der Waals surface area contributed by atoms with E-state index in [2.05, 4.69) is 31.1 Å². The third-order valence-corrected chi connectivity index (χ3v) is 7.68. The van der Waals surface area contributed by atoms with Crippen molar-refractivity contribution < 1.29 is 4.79 Å². The molecule has 5 heterocycles. The monoisotopic (exact) mass is 403 g/mol. The van der Waals surface area contributed by atoms with E-state index >= 15 is 0 Å². The number of carbonyl (C=O) groups excluding carboxylic acids is 1. The number of aromatic amines is 1. The number of pyridine rings is 1. The van der Waals surface area contributed by atoms with Gasteiger partial charge in [-0.25, -0.2) is 0 Å². The molecule has 2 bridgehead atoms. The molecule has 6 heteroatoms. The van der Waals surface area contributed by atoms with E-state index in [0.29, 0.717) is 17.5 Å². The second-order valence-electron chi connectivity index (χ2n) is 9.41. The fraction of sp³-hybridized carbons (Fsp3) is 0.542. The Morgan fingerprint density at radius 1 is 1.20 bits per heavy atom. The summed E-state index contributed by atoms with van der Waals surface area (Å²) in [6, 6.07) is 6.74. The van der Waals surface area contributed by atoms with Crippen LogP contribution < -0.4 is 0 Å². The van der Waals surface area contributed by atoms with Gasteiger partial charge in [-0.15, -0.1) is 0 Å². The SMILES string of the molecule is O=C(c1cc(-c2cccnc2)n[nH]1)N1CCCC2=C[C@H]3C[C@@H](CN4CCCC[C@@H]34)[C@H]21. The van der Waals surface area contributed by atoms with Gasteiger partial charge >= 0.3 is 0 Å². The van der Waals surface area contributed by atoms with Gasteiger partial charge in [0, 0.05) is 37.1 Å². The fourth-order valence-corrected chi connectivity index (χ4v) is 6.45. The van der Waals surface area contributed by atoms with E-state index in [1.807, 2.05) is 18.2 Å². The van der Waals surface area contributed by atoms with Gasteiger partial charge in [-0.1, -0.05) is 18.1 Å². The van der Waals surface area contributed by atoms with E-state index in [-0.39, 0.29) is 11.9 Å². The molecule has 3 saturated heterocycles. The quantitative estimate of drug-likeness (QED) is 0.780. The first kappa shape index (κ1) is 18.3. The molecule has 0 radical (unpaired) electrons. The van der Waals surface area contributed by atoms with E-state index in [1.54, 1.807) is 12.4 Å². The van der Waals surface area contributed by atoms with Crippen molar-refractivity contribution in [1.29, 1.82) is 0 Å². The van der Waals surface area contributed by atoms with Crippen molar-refractivity contribution in [3.8, 4) is 11.3 Å². The van der Waals surface area contributed by atoms with Crippen molar-refractivity contribution in [3.63, 3.8) is 0 Å². The number of aromatic nitrogens is 3. The Morgan fingerprint density at radius 3 is 3.07 bits per heavy atom. The Labute approximate surface area is 177 Å². The highest BCUT2D eigenvalue weighted by atomic mass is 16.2. The number of hydrogen-bond acceptors (Lipinski definition) is 4. The van der Waals surface area contributed by atoms with E-state index < -0.39 is 0 Å². The predicted octanol–water partition coefficient (Wildman–Crippen LogP) is 3.51. The summed E-state index contributed by atoms with van der Waals surface area (Å²) in [7, 11) is 0. The van der Waals surface area contributed by atoms with Gasteiger partial charge < -0.3 is 4.90 Å². The van der Waals surface area contributed by atoms with Crippen LogP contribution in [0.15, 0.2) is 42.2 Å². The molecule has 0 unspecified atom stereocenters. The lowest BCUT2D eigenvalue weighted by molar-refractivity contribution is 0.00131. The molecule has 6 rings (SSSR count). The van der Waals surface area contributed by atoms with E-state index in [0.717, 1.165) is 43.2 Å². The summed E-state index contributed by atoms with van der Waals surface area (Å²) >= 11 is 0. The Hall–Kier alpha value is -2.47. The lowest BCUT2D eigenvalue weighted by Gasteiger charge is -2.54. The van der Waals surface area contributed by atoms with Crippen LogP contribution in [0.3, 0.4) is 0 Å². The van der Waals surface area contributed by atoms with Crippen LogP contribution in [-0.2, 0) is 0 Å². The topological polar surface area (TPSA) is 65.1 Å². The Bertz CT molecular complexity index is 967. The zero-order valence-corrected chi connectivity index (χ0v) is 17.3. The third kappa shape index (κ3) is 3.00. The molecule has 4 atom stereocenters. The summed E-state index contributed by atoms with van der Waals surface area (Å²) in [6.45, 7) is 3.22. The first-order chi connectivity index (χ1) is 14.8. The van der Waals surface area contributed by atoms with Crippen molar-refractivity contribution in [2.24, 2.45) is 11.8 Å². The molecule has 6 nitrogen and oxygen atoms in total. The molecule has 2 aromatic heterocycles. The van der Waals surface area contributed by atoms with Gasteiger partial charge in [0.1, 0.15) is 5.69 Å². The van der Waals surface area contributed by atoms with E-state index in [1.165, 1.54) is 37.8 Å². The number of nitrogens with zero attached hydrogens (tertiary/aromatic N) is 4. The Morgan fingerprint density at radius 2 is 2.17 bits per heavy atom. The van der Waals surface area contributed by atoms with Gasteiger partial charge in [0.15, 0.2) is 0 Å². The van der Waals surface area contributed by atoms with Gasteiger partial charge in [0.25, 0.3) is 5.91 Å². The van der Waals surface area contributed by atoms with Crippen LogP contribution in [0, 0.1) is 11.8 Å². The standard InChI is InChI=1S/C24H29N5O/c30-24(21-13-20(26-27-21)17-5-3-8-25-14-17)29-10-4-6-16-11-18-12-19(23(16)29)15-28-9-2-1-7-22(18)28/h3,5,8,11,13-14,18-19,22-23H,1-2,4,6-7,9-10,12,15H2,(H,26,27)/t18-,19-,22-,23-/m0/s1. The number of rotatable bonds is 2. The number of H-pyrrole nitrogens is 1. The second kappa shape index (κ2) is 7.34. The van der Waals surface area contributed by atoms with Gasteiger partial charge in [0.05, 0.1) is 11.7 Å². The molecule has 0 saturated carbocycles. The van der Waals surface area contributed by atoms with Crippen molar-refractivity contribution >= 4 is 5.91 Å². The molecule has 156 valence electrons. The lowest BCUT2D eigenvalue weighted by atomic mass is 9.68. The number of fused-ring (bicyclic) bond motifs is 6. The molecule has 1 amide bonds. The maximum atomic E-state index is 13.5. The summed E-state index contributed by atoms with van der Waals surface area (Å²) in [4.78, 5) is 22.6. The summed E-state index contributed by atoms with van der Waals surface area (Å²) in [6.07, 6.45) is 13.6. The van der Waals surface area contributed by atoms with E-state index in [4.69, 9.17) is 0 Å². The second-order valence-corrected chi connectivity index (χ2v) is 9.41. The summed E-state index contributed by atoms with van der Waals surface area (Å²) in [5, 5.41) is 7.39. The first-order valence-corrected chi connectivity index (χ1v) is 11.5. The number of piperidine rings is 3. The van der Waals surface area contributed by atoms with Crippen molar-refractivity contribution in [1.82, 2.24) is 25.0 Å². The predicted molar refractivity (Wildman–Crippen MR) is 115 cm³/mol. The molecule has 3 aliphatic heterocycles. The molecule has 0 aromatic carbocycles. The Balaban J connectivity index is 1.28. The highest BCUT2D eigenvalue weighted by molar-refractivity contribution is 5.94. The minimum absolute atomic E-state index is 0.0902. The average molecular weight is 404 g/mol. The fourth-order valence-electron chi connectivity index (χ4n) is 6.45. The van der Waals surface area contributed by atoms with Crippen LogP contribution in [0.25, 0.3) is 11.3 Å². The molecule has 1 N–H and O–H groups in total. The minimum atomic E-state index is 0.0902. The van der Waals surface area contributed by atoms with Gasteiger partial charge in [-0.2, -0.15) is 5.10 Å². The summed E-state index contributed by atoms with van der Waals surface area (Å²) in [5.74, 6) is 1.34. The highest BCUT2D eigenvalue weighted by Crippen LogP contribution is 2.45. The molecule has 1 aliphatic carbocycles.